The molecule has 2 aromatic rings. The van der Waals surface area contributed by atoms with Gasteiger partial charge in [0.1, 0.15) is 0 Å². The maximum absolute atomic E-state index is 11.1. The number of nitrogens with zero attached hydrogens (tertiary/aromatic N) is 1. The number of aromatic amines is 1. The van der Waals surface area contributed by atoms with E-state index in [1.165, 1.54) is 5.56 Å². The number of primary sulfonamides is 1. The monoisotopic (exact) mass is 317 g/mol. The van der Waals surface area contributed by atoms with Crippen LogP contribution in [0.4, 0.5) is 0 Å². The predicted molar refractivity (Wildman–Crippen MR) is 84.6 cm³/mol. The van der Waals surface area contributed by atoms with E-state index in [0.29, 0.717) is 0 Å². The predicted octanol–water partition coefficient (Wildman–Crippen LogP) is 1.48. The number of rotatable bonds is 5. The first-order chi connectivity index (χ1) is 8.85. The van der Waals surface area contributed by atoms with E-state index in [1.807, 2.05) is 32.4 Å². The molecule has 1 heterocycles. The fourth-order valence-electron chi connectivity index (χ4n) is 2.10. The highest BCUT2D eigenvalue weighted by atomic mass is 35.5. The van der Waals surface area contributed by atoms with Gasteiger partial charge in [-0.3, -0.25) is 0 Å². The van der Waals surface area contributed by atoms with Crippen molar-refractivity contribution in [2.75, 3.05) is 20.6 Å². The maximum Gasteiger partial charge on any atom is 0.213 e. The van der Waals surface area contributed by atoms with E-state index < -0.39 is 10.0 Å². The van der Waals surface area contributed by atoms with Crippen LogP contribution in [-0.4, -0.2) is 38.9 Å². The smallest absolute Gasteiger partial charge is 0.213 e. The quantitative estimate of drug-likeness (QED) is 0.876. The van der Waals surface area contributed by atoms with Crippen molar-refractivity contribution in [3.05, 3.63) is 35.5 Å². The largest absolute Gasteiger partial charge is 0.361 e. The third kappa shape index (κ3) is 4.49. The van der Waals surface area contributed by atoms with Crippen LogP contribution in [0.1, 0.15) is 11.1 Å². The maximum atomic E-state index is 11.1. The zero-order valence-corrected chi connectivity index (χ0v) is 13.2. The number of fused-ring (bicyclic) bond motifs is 1. The first-order valence-electron chi connectivity index (χ1n) is 6.09. The van der Waals surface area contributed by atoms with Crippen molar-refractivity contribution in [1.82, 2.24) is 9.88 Å². The third-order valence-corrected chi connectivity index (χ3v) is 3.76. The molecule has 0 unspecified atom stereocenters. The van der Waals surface area contributed by atoms with Gasteiger partial charge in [-0.1, -0.05) is 6.07 Å². The molecule has 0 aliphatic carbocycles. The van der Waals surface area contributed by atoms with Crippen LogP contribution >= 0.6 is 12.4 Å². The molecule has 0 aliphatic rings. The van der Waals surface area contributed by atoms with Gasteiger partial charge in [0.05, 0.1) is 5.75 Å². The van der Waals surface area contributed by atoms with E-state index in [-0.39, 0.29) is 18.2 Å². The number of hydrogen-bond acceptors (Lipinski definition) is 3. The van der Waals surface area contributed by atoms with Gasteiger partial charge in [-0.05, 0) is 43.8 Å². The highest BCUT2D eigenvalue weighted by molar-refractivity contribution is 7.88. The highest BCUT2D eigenvalue weighted by Gasteiger charge is 2.09. The Bertz CT molecular complexity index is 680. The molecule has 0 bridgehead atoms. The van der Waals surface area contributed by atoms with E-state index in [0.717, 1.165) is 29.4 Å². The first-order valence-corrected chi connectivity index (χ1v) is 7.81. The van der Waals surface area contributed by atoms with Crippen LogP contribution in [0.3, 0.4) is 0 Å². The van der Waals surface area contributed by atoms with Gasteiger partial charge in [0.15, 0.2) is 0 Å². The molecule has 0 atom stereocenters. The van der Waals surface area contributed by atoms with Crippen molar-refractivity contribution in [3.63, 3.8) is 0 Å². The summed E-state index contributed by atoms with van der Waals surface area (Å²) < 4.78 is 22.3. The number of nitrogens with two attached hydrogens (primary N) is 1. The minimum Gasteiger partial charge on any atom is -0.361 e. The standard InChI is InChI=1S/C13H19N3O2S.ClH/c1-16(2)6-5-11-8-15-13-4-3-10(7-12(11)13)9-19(14,17)18;/h3-4,7-8,15H,5-6,9H2,1-2H3,(H2,14,17,18);1H. The Labute approximate surface area is 125 Å². The first kappa shape index (κ1) is 17.0. The average molecular weight is 318 g/mol. The minimum atomic E-state index is -3.49. The minimum absolute atomic E-state index is 0. The van der Waals surface area contributed by atoms with Crippen molar-refractivity contribution < 1.29 is 8.42 Å². The van der Waals surface area contributed by atoms with Crippen LogP contribution in [0.15, 0.2) is 24.4 Å². The summed E-state index contributed by atoms with van der Waals surface area (Å²) in [6.07, 6.45) is 2.90. The van der Waals surface area contributed by atoms with Crippen LogP contribution in [-0.2, 0) is 22.2 Å². The molecule has 112 valence electrons. The summed E-state index contributed by atoms with van der Waals surface area (Å²) >= 11 is 0. The molecule has 0 saturated carbocycles. The summed E-state index contributed by atoms with van der Waals surface area (Å²) in [4.78, 5) is 5.32. The topological polar surface area (TPSA) is 79.2 Å². The van der Waals surface area contributed by atoms with E-state index >= 15 is 0 Å². The Morgan fingerprint density at radius 1 is 1.30 bits per heavy atom. The van der Waals surface area contributed by atoms with Gasteiger partial charge in [0, 0.05) is 23.6 Å². The third-order valence-electron chi connectivity index (χ3n) is 3.03. The number of hydrogen-bond donors (Lipinski definition) is 2. The molecule has 0 radical (unpaired) electrons. The lowest BCUT2D eigenvalue weighted by molar-refractivity contribution is 0.414. The molecule has 5 nitrogen and oxygen atoms in total. The summed E-state index contributed by atoms with van der Waals surface area (Å²) in [7, 11) is 0.572. The Balaban J connectivity index is 0.00000200. The van der Waals surface area contributed by atoms with Gasteiger partial charge in [-0.2, -0.15) is 0 Å². The average Bonchev–Trinajstić information content (AvgIpc) is 2.66. The van der Waals surface area contributed by atoms with Gasteiger partial charge in [-0.25, -0.2) is 13.6 Å². The molecule has 1 aromatic heterocycles. The highest BCUT2D eigenvalue weighted by Crippen LogP contribution is 2.21. The van der Waals surface area contributed by atoms with Crippen molar-refractivity contribution >= 4 is 33.3 Å². The van der Waals surface area contributed by atoms with Gasteiger partial charge >= 0.3 is 0 Å². The van der Waals surface area contributed by atoms with Crippen LogP contribution in [0.25, 0.3) is 10.9 Å². The molecule has 1 aromatic carbocycles. The number of H-pyrrole nitrogens is 1. The number of nitrogens with one attached hydrogen (secondary N) is 1. The van der Waals surface area contributed by atoms with Crippen LogP contribution < -0.4 is 5.14 Å². The summed E-state index contributed by atoms with van der Waals surface area (Å²) in [5, 5.41) is 6.15. The zero-order chi connectivity index (χ0) is 14.0. The van der Waals surface area contributed by atoms with Crippen molar-refractivity contribution in [3.8, 4) is 0 Å². The van der Waals surface area contributed by atoms with Gasteiger partial charge in [-0.15, -0.1) is 12.4 Å². The molecule has 2 rings (SSSR count). The van der Waals surface area contributed by atoms with Crippen LogP contribution in [0.2, 0.25) is 0 Å². The summed E-state index contributed by atoms with van der Waals surface area (Å²) in [5.74, 6) is -0.124. The van der Waals surface area contributed by atoms with Crippen molar-refractivity contribution in [2.24, 2.45) is 5.14 Å². The molecule has 7 heteroatoms. The second-order valence-corrected chi connectivity index (χ2v) is 6.67. The lowest BCUT2D eigenvalue weighted by Gasteiger charge is -2.08. The number of halogens is 1. The molecule has 20 heavy (non-hydrogen) atoms. The normalized spacial score (nSPS) is 11.8. The number of likely N-dealkylation sites (N-methyl/N-ethyl adjacent to an activating group) is 1. The van der Waals surface area contributed by atoms with Crippen LogP contribution in [0, 0.1) is 0 Å². The lowest BCUT2D eigenvalue weighted by Crippen LogP contribution is -2.15. The summed E-state index contributed by atoms with van der Waals surface area (Å²) in [6, 6.07) is 5.59. The number of aromatic nitrogens is 1. The molecule has 0 amide bonds. The Morgan fingerprint density at radius 3 is 2.60 bits per heavy atom. The van der Waals surface area contributed by atoms with Crippen molar-refractivity contribution in [2.45, 2.75) is 12.2 Å². The SMILES string of the molecule is CN(C)CCc1c[nH]c2ccc(CS(N)(=O)=O)cc12.Cl. The molecular formula is C13H20ClN3O2S. The van der Waals surface area contributed by atoms with E-state index in [2.05, 4.69) is 9.88 Å². The Hall–Kier alpha value is -1.08. The van der Waals surface area contributed by atoms with Gasteiger partial charge in [0.2, 0.25) is 10.0 Å². The lowest BCUT2D eigenvalue weighted by atomic mass is 10.1. The Kier molecular flexibility index (Phi) is 5.59. The van der Waals surface area contributed by atoms with Crippen molar-refractivity contribution in [1.29, 1.82) is 0 Å². The summed E-state index contributed by atoms with van der Waals surface area (Å²) in [5.41, 5.74) is 2.94. The molecule has 0 fully saturated rings. The Morgan fingerprint density at radius 2 is 2.00 bits per heavy atom. The van der Waals surface area contributed by atoms with E-state index in [9.17, 15) is 8.42 Å². The molecule has 0 aliphatic heterocycles. The van der Waals surface area contributed by atoms with E-state index in [1.54, 1.807) is 6.07 Å². The van der Waals surface area contributed by atoms with E-state index in [4.69, 9.17) is 5.14 Å². The summed E-state index contributed by atoms with van der Waals surface area (Å²) in [6.45, 7) is 0.951. The number of sulfonamides is 1. The zero-order valence-electron chi connectivity index (χ0n) is 11.6. The fourth-order valence-corrected chi connectivity index (χ4v) is 2.74. The second-order valence-electron chi connectivity index (χ2n) is 5.05. The van der Waals surface area contributed by atoms with Gasteiger partial charge < -0.3 is 9.88 Å². The van der Waals surface area contributed by atoms with Gasteiger partial charge in [0.25, 0.3) is 0 Å². The van der Waals surface area contributed by atoms with Crippen LogP contribution in [0.5, 0.6) is 0 Å². The number of benzene rings is 1. The molecular weight excluding hydrogens is 298 g/mol. The second kappa shape index (κ2) is 6.58. The fraction of sp³-hybridized carbons (Fsp3) is 0.385. The molecule has 3 N–H and O–H groups in total. The molecule has 0 saturated heterocycles. The molecule has 0 spiro atoms.